The van der Waals surface area contributed by atoms with E-state index in [9.17, 15) is 13.2 Å². The molecule has 0 aliphatic carbocycles. The van der Waals surface area contributed by atoms with Gasteiger partial charge in [-0.2, -0.15) is 13.2 Å². The molecule has 3 nitrogen and oxygen atoms in total. The molecule has 1 rings (SSSR count). The molecule has 1 fully saturated rings. The van der Waals surface area contributed by atoms with E-state index in [0.717, 1.165) is 39.1 Å². The van der Waals surface area contributed by atoms with Crippen molar-refractivity contribution in [3.63, 3.8) is 0 Å². The molecule has 1 aliphatic rings. The lowest BCUT2D eigenvalue weighted by Gasteiger charge is -2.34. The van der Waals surface area contributed by atoms with Gasteiger partial charge in [-0.1, -0.05) is 0 Å². The Kier molecular flexibility index (Phi) is 6.22. The van der Waals surface area contributed by atoms with Gasteiger partial charge in [0.25, 0.3) is 0 Å². The summed E-state index contributed by atoms with van der Waals surface area (Å²) < 4.78 is 35.9. The molecule has 0 aromatic rings. The van der Waals surface area contributed by atoms with Gasteiger partial charge >= 0.3 is 6.18 Å². The average Bonchev–Trinajstić information content (AvgIpc) is 2.26. The summed E-state index contributed by atoms with van der Waals surface area (Å²) in [5.74, 6) is 0. The minimum Gasteiger partial charge on any atom is -0.330 e. The van der Waals surface area contributed by atoms with E-state index >= 15 is 0 Å². The molecule has 2 N–H and O–H groups in total. The second-order valence-electron chi connectivity index (χ2n) is 4.54. The zero-order chi connectivity index (χ0) is 12.7. The molecule has 1 saturated heterocycles. The Labute approximate surface area is 101 Å². The van der Waals surface area contributed by atoms with Crippen molar-refractivity contribution in [2.75, 3.05) is 45.8 Å². The number of halogens is 3. The minimum atomic E-state index is -4.01. The summed E-state index contributed by atoms with van der Waals surface area (Å²) in [5, 5.41) is 0. The van der Waals surface area contributed by atoms with Gasteiger partial charge in [0, 0.05) is 32.6 Å². The number of hydrogen-bond donors (Lipinski definition) is 1. The van der Waals surface area contributed by atoms with E-state index in [0.29, 0.717) is 13.1 Å². The Morgan fingerprint density at radius 3 is 1.76 bits per heavy atom. The first-order valence-corrected chi connectivity index (χ1v) is 6.23. The fourth-order valence-electron chi connectivity index (χ4n) is 2.05. The summed E-state index contributed by atoms with van der Waals surface area (Å²) in [5.41, 5.74) is 5.44. The molecule has 0 radical (unpaired) electrons. The molecule has 0 saturated carbocycles. The molecule has 0 spiro atoms. The lowest BCUT2D eigenvalue weighted by Crippen LogP contribution is -2.47. The van der Waals surface area contributed by atoms with Crippen LogP contribution in [0.1, 0.15) is 19.3 Å². The van der Waals surface area contributed by atoms with Crippen molar-refractivity contribution in [3.8, 4) is 0 Å². The SMILES string of the molecule is NCCCN1CCN(CCCC(F)(F)F)CC1. The van der Waals surface area contributed by atoms with Crippen LogP contribution < -0.4 is 5.73 Å². The quantitative estimate of drug-likeness (QED) is 0.774. The first-order chi connectivity index (χ1) is 8.01. The van der Waals surface area contributed by atoms with Crippen LogP contribution in [0.15, 0.2) is 0 Å². The molecule has 0 bridgehead atoms. The van der Waals surface area contributed by atoms with Gasteiger partial charge in [0.1, 0.15) is 0 Å². The Bertz CT molecular complexity index is 201. The Balaban J connectivity index is 2.07. The minimum absolute atomic E-state index is 0.215. The first kappa shape index (κ1) is 14.7. The number of rotatable bonds is 6. The van der Waals surface area contributed by atoms with Crippen LogP contribution in [0.25, 0.3) is 0 Å². The van der Waals surface area contributed by atoms with Crippen LogP contribution in [0.2, 0.25) is 0 Å². The van der Waals surface area contributed by atoms with E-state index in [2.05, 4.69) is 9.80 Å². The predicted molar refractivity (Wildman–Crippen MR) is 61.8 cm³/mol. The van der Waals surface area contributed by atoms with Crippen LogP contribution in [0, 0.1) is 0 Å². The summed E-state index contributed by atoms with van der Waals surface area (Å²) in [4.78, 5) is 4.44. The van der Waals surface area contributed by atoms with Crippen LogP contribution in [-0.4, -0.2) is 61.8 Å². The van der Waals surface area contributed by atoms with Crippen LogP contribution in [-0.2, 0) is 0 Å². The van der Waals surface area contributed by atoms with Crippen LogP contribution in [0.5, 0.6) is 0 Å². The largest absolute Gasteiger partial charge is 0.389 e. The number of alkyl halides is 3. The normalized spacial score (nSPS) is 19.8. The van der Waals surface area contributed by atoms with Crippen LogP contribution >= 0.6 is 0 Å². The molecule has 102 valence electrons. The van der Waals surface area contributed by atoms with Crippen molar-refractivity contribution in [2.24, 2.45) is 5.73 Å². The molecule has 0 amide bonds. The number of nitrogens with zero attached hydrogens (tertiary/aromatic N) is 2. The monoisotopic (exact) mass is 253 g/mol. The second kappa shape index (κ2) is 7.18. The van der Waals surface area contributed by atoms with Gasteiger partial charge in [0.05, 0.1) is 0 Å². The van der Waals surface area contributed by atoms with E-state index < -0.39 is 12.6 Å². The van der Waals surface area contributed by atoms with E-state index in [1.165, 1.54) is 0 Å². The van der Waals surface area contributed by atoms with Gasteiger partial charge in [-0.3, -0.25) is 0 Å². The maximum atomic E-state index is 12.0. The fourth-order valence-corrected chi connectivity index (χ4v) is 2.05. The third-order valence-electron chi connectivity index (χ3n) is 3.08. The van der Waals surface area contributed by atoms with Crippen molar-refractivity contribution in [2.45, 2.75) is 25.4 Å². The van der Waals surface area contributed by atoms with Crippen molar-refractivity contribution in [1.29, 1.82) is 0 Å². The molecular formula is C11H22F3N3. The molecule has 0 aromatic heterocycles. The van der Waals surface area contributed by atoms with E-state index in [1.54, 1.807) is 0 Å². The van der Waals surface area contributed by atoms with Crippen LogP contribution in [0.4, 0.5) is 13.2 Å². The summed E-state index contributed by atoms with van der Waals surface area (Å²) in [6.07, 6.45) is -3.47. The predicted octanol–water partition coefficient (Wildman–Crippen LogP) is 1.30. The average molecular weight is 253 g/mol. The van der Waals surface area contributed by atoms with E-state index in [1.807, 2.05) is 0 Å². The van der Waals surface area contributed by atoms with Gasteiger partial charge in [0.2, 0.25) is 0 Å². The smallest absolute Gasteiger partial charge is 0.330 e. The van der Waals surface area contributed by atoms with Gasteiger partial charge in [-0.05, 0) is 32.5 Å². The molecule has 17 heavy (non-hydrogen) atoms. The first-order valence-electron chi connectivity index (χ1n) is 6.23. The third-order valence-corrected chi connectivity index (χ3v) is 3.08. The van der Waals surface area contributed by atoms with E-state index in [4.69, 9.17) is 5.73 Å². The highest BCUT2D eigenvalue weighted by Crippen LogP contribution is 2.21. The van der Waals surface area contributed by atoms with Gasteiger partial charge in [0.15, 0.2) is 0 Å². The third kappa shape index (κ3) is 6.85. The highest BCUT2D eigenvalue weighted by Gasteiger charge is 2.26. The molecule has 1 aliphatic heterocycles. The fraction of sp³-hybridized carbons (Fsp3) is 1.00. The highest BCUT2D eigenvalue weighted by atomic mass is 19.4. The van der Waals surface area contributed by atoms with Crippen molar-refractivity contribution >= 4 is 0 Å². The number of piperazine rings is 1. The zero-order valence-electron chi connectivity index (χ0n) is 10.2. The Morgan fingerprint density at radius 2 is 1.35 bits per heavy atom. The van der Waals surface area contributed by atoms with Crippen LogP contribution in [0.3, 0.4) is 0 Å². The lowest BCUT2D eigenvalue weighted by atomic mass is 10.2. The lowest BCUT2D eigenvalue weighted by molar-refractivity contribution is -0.136. The molecular weight excluding hydrogens is 231 g/mol. The Hall–Kier alpha value is -0.330. The maximum absolute atomic E-state index is 12.0. The number of nitrogens with two attached hydrogens (primary N) is 1. The summed E-state index contributed by atoms with van der Waals surface area (Å²) in [6.45, 7) is 5.92. The summed E-state index contributed by atoms with van der Waals surface area (Å²) in [6, 6.07) is 0. The van der Waals surface area contributed by atoms with E-state index in [-0.39, 0.29) is 6.42 Å². The Morgan fingerprint density at radius 1 is 0.882 bits per heavy atom. The molecule has 0 unspecified atom stereocenters. The standard InChI is InChI=1S/C11H22F3N3/c12-11(13,14)3-1-5-16-7-9-17(10-8-16)6-2-4-15/h1-10,15H2. The maximum Gasteiger partial charge on any atom is 0.389 e. The zero-order valence-corrected chi connectivity index (χ0v) is 10.2. The van der Waals surface area contributed by atoms with Crippen molar-refractivity contribution in [1.82, 2.24) is 9.80 Å². The van der Waals surface area contributed by atoms with Crippen molar-refractivity contribution in [3.05, 3.63) is 0 Å². The van der Waals surface area contributed by atoms with Gasteiger partial charge in [-0.15, -0.1) is 0 Å². The summed E-state index contributed by atoms with van der Waals surface area (Å²) in [7, 11) is 0. The molecule has 0 aromatic carbocycles. The van der Waals surface area contributed by atoms with Crippen molar-refractivity contribution < 1.29 is 13.2 Å². The topological polar surface area (TPSA) is 32.5 Å². The highest BCUT2D eigenvalue weighted by molar-refractivity contribution is 4.72. The summed E-state index contributed by atoms with van der Waals surface area (Å²) >= 11 is 0. The molecule has 1 heterocycles. The molecule has 6 heteroatoms. The molecule has 0 atom stereocenters. The van der Waals surface area contributed by atoms with Gasteiger partial charge in [-0.25, -0.2) is 0 Å². The van der Waals surface area contributed by atoms with Gasteiger partial charge < -0.3 is 15.5 Å². The second-order valence-corrected chi connectivity index (χ2v) is 4.54. The number of hydrogen-bond acceptors (Lipinski definition) is 3.